The van der Waals surface area contributed by atoms with Crippen LogP contribution < -0.4 is 0 Å². The smallest absolute Gasteiger partial charge is 0.0901 e. The molecule has 1 aromatic heterocycles. The van der Waals surface area contributed by atoms with Gasteiger partial charge >= 0.3 is 0 Å². The number of ether oxygens (including phenoxy) is 1. The van der Waals surface area contributed by atoms with Gasteiger partial charge in [-0.1, -0.05) is 0 Å². The summed E-state index contributed by atoms with van der Waals surface area (Å²) in [5.41, 5.74) is 1.27. The highest BCUT2D eigenvalue weighted by atomic mass is 32.1. The summed E-state index contributed by atoms with van der Waals surface area (Å²) in [5, 5.41) is 1.17. The van der Waals surface area contributed by atoms with Gasteiger partial charge in [0.25, 0.3) is 0 Å². The third-order valence-corrected chi connectivity index (χ3v) is 2.81. The van der Waals surface area contributed by atoms with E-state index in [1.165, 1.54) is 15.6 Å². The molecule has 11 heavy (non-hydrogen) atoms. The Morgan fingerprint density at radius 3 is 3.36 bits per heavy atom. The number of hydrogen-bond acceptors (Lipinski definition) is 3. The first kappa shape index (κ1) is 7.25. The predicted molar refractivity (Wildman–Crippen MR) is 44.8 cm³/mol. The molecular formula is C8H11NOS. The molecule has 2 nitrogen and oxygen atoms in total. The Morgan fingerprint density at radius 2 is 2.45 bits per heavy atom. The monoisotopic (exact) mass is 169 g/mol. The Hall–Kier alpha value is -0.410. The molecule has 0 saturated heterocycles. The summed E-state index contributed by atoms with van der Waals surface area (Å²) in [6.45, 7) is 3.72. The Balaban J connectivity index is 2.32. The van der Waals surface area contributed by atoms with Crippen molar-refractivity contribution in [1.82, 2.24) is 4.98 Å². The molecule has 0 fully saturated rings. The van der Waals surface area contributed by atoms with Gasteiger partial charge in [-0.05, 0) is 19.8 Å². The van der Waals surface area contributed by atoms with E-state index in [2.05, 4.69) is 11.9 Å². The first-order valence-corrected chi connectivity index (χ1v) is 4.71. The lowest BCUT2D eigenvalue weighted by Crippen LogP contribution is -1.88. The van der Waals surface area contributed by atoms with Crippen LogP contribution in [-0.2, 0) is 17.8 Å². The average molecular weight is 169 g/mol. The quantitative estimate of drug-likeness (QED) is 0.592. The van der Waals surface area contributed by atoms with Crippen LogP contribution in [0.3, 0.4) is 0 Å². The Kier molecular flexibility index (Phi) is 1.92. The van der Waals surface area contributed by atoms with Crippen LogP contribution in [0.2, 0.25) is 0 Å². The van der Waals surface area contributed by atoms with Crippen molar-refractivity contribution in [2.24, 2.45) is 0 Å². The van der Waals surface area contributed by atoms with Gasteiger partial charge in [-0.2, -0.15) is 0 Å². The van der Waals surface area contributed by atoms with E-state index < -0.39 is 0 Å². The molecule has 0 saturated carbocycles. The Bertz CT molecular complexity index is 233. The molecule has 0 atom stereocenters. The van der Waals surface area contributed by atoms with Crippen LogP contribution in [0.4, 0.5) is 0 Å². The molecule has 0 N–H and O–H groups in total. The molecule has 0 unspecified atom stereocenters. The second kappa shape index (κ2) is 2.91. The summed E-state index contributed by atoms with van der Waals surface area (Å²) in [6, 6.07) is 0. The van der Waals surface area contributed by atoms with Crippen LogP contribution in [0.5, 0.6) is 0 Å². The van der Waals surface area contributed by atoms with E-state index in [9.17, 15) is 0 Å². The topological polar surface area (TPSA) is 22.1 Å². The minimum atomic E-state index is 0.779. The van der Waals surface area contributed by atoms with Gasteiger partial charge in [0.1, 0.15) is 0 Å². The molecule has 2 heterocycles. The van der Waals surface area contributed by atoms with Gasteiger partial charge in [0.15, 0.2) is 0 Å². The molecule has 1 aliphatic rings. The zero-order chi connectivity index (χ0) is 7.68. The average Bonchev–Trinajstić information content (AvgIpc) is 2.17. The lowest BCUT2D eigenvalue weighted by molar-refractivity contribution is 0.127. The Labute approximate surface area is 70.2 Å². The van der Waals surface area contributed by atoms with Crippen molar-refractivity contribution in [2.75, 3.05) is 6.61 Å². The zero-order valence-corrected chi connectivity index (χ0v) is 7.41. The molecular weight excluding hydrogens is 158 g/mol. The number of aromatic nitrogens is 1. The van der Waals surface area contributed by atoms with Gasteiger partial charge in [0.05, 0.1) is 22.2 Å². The molecule has 2 rings (SSSR count). The van der Waals surface area contributed by atoms with Crippen LogP contribution in [-0.4, -0.2) is 11.6 Å². The summed E-state index contributed by atoms with van der Waals surface area (Å²) < 4.78 is 5.40. The van der Waals surface area contributed by atoms with Crippen LogP contribution >= 0.6 is 11.3 Å². The van der Waals surface area contributed by atoms with Crippen LogP contribution in [0.1, 0.15) is 22.0 Å². The fourth-order valence-electron chi connectivity index (χ4n) is 1.33. The van der Waals surface area contributed by atoms with Crippen LogP contribution in [0.25, 0.3) is 0 Å². The molecule has 60 valence electrons. The summed E-state index contributed by atoms with van der Waals surface area (Å²) in [4.78, 5) is 5.78. The van der Waals surface area contributed by atoms with Crippen molar-refractivity contribution in [3.05, 3.63) is 15.6 Å². The maximum absolute atomic E-state index is 5.40. The van der Waals surface area contributed by atoms with E-state index >= 15 is 0 Å². The maximum Gasteiger partial charge on any atom is 0.0901 e. The standard InChI is InChI=1S/C8H11NOS/c1-6-9-7-3-2-4-10-5-8(7)11-6/h2-5H2,1H3. The van der Waals surface area contributed by atoms with Gasteiger partial charge in [-0.25, -0.2) is 4.98 Å². The van der Waals surface area contributed by atoms with Crippen molar-refractivity contribution >= 4 is 11.3 Å². The van der Waals surface area contributed by atoms with Gasteiger partial charge in [0.2, 0.25) is 0 Å². The second-order valence-corrected chi connectivity index (χ2v) is 4.05. The number of nitrogens with zero attached hydrogens (tertiary/aromatic N) is 1. The van der Waals surface area contributed by atoms with Crippen molar-refractivity contribution in [3.63, 3.8) is 0 Å². The molecule has 0 bridgehead atoms. The summed E-state index contributed by atoms with van der Waals surface area (Å²) >= 11 is 1.77. The maximum atomic E-state index is 5.40. The van der Waals surface area contributed by atoms with Gasteiger partial charge < -0.3 is 4.74 Å². The largest absolute Gasteiger partial charge is 0.376 e. The van der Waals surface area contributed by atoms with E-state index in [4.69, 9.17) is 4.74 Å². The normalized spacial score (nSPS) is 17.5. The van der Waals surface area contributed by atoms with E-state index in [0.29, 0.717) is 0 Å². The highest BCUT2D eigenvalue weighted by Gasteiger charge is 2.11. The third kappa shape index (κ3) is 1.44. The second-order valence-electron chi connectivity index (χ2n) is 2.76. The minimum Gasteiger partial charge on any atom is -0.376 e. The number of rotatable bonds is 0. The van der Waals surface area contributed by atoms with Crippen LogP contribution in [0, 0.1) is 6.92 Å². The van der Waals surface area contributed by atoms with Crippen molar-refractivity contribution < 1.29 is 4.74 Å². The Morgan fingerprint density at radius 1 is 1.55 bits per heavy atom. The highest BCUT2D eigenvalue weighted by Crippen LogP contribution is 2.22. The highest BCUT2D eigenvalue weighted by molar-refractivity contribution is 7.11. The van der Waals surface area contributed by atoms with Gasteiger partial charge in [0, 0.05) is 6.61 Å². The minimum absolute atomic E-state index is 0.779. The molecule has 0 aliphatic carbocycles. The number of aryl methyl sites for hydroxylation is 2. The van der Waals surface area contributed by atoms with E-state index in [-0.39, 0.29) is 0 Å². The van der Waals surface area contributed by atoms with Gasteiger partial charge in [-0.15, -0.1) is 11.3 Å². The van der Waals surface area contributed by atoms with E-state index in [1.54, 1.807) is 11.3 Å². The number of fused-ring (bicyclic) bond motifs is 1. The molecule has 3 heteroatoms. The van der Waals surface area contributed by atoms with Crippen molar-refractivity contribution in [1.29, 1.82) is 0 Å². The summed E-state index contributed by atoms with van der Waals surface area (Å²) in [6.07, 6.45) is 2.22. The predicted octanol–water partition coefficient (Wildman–Crippen LogP) is 1.91. The lowest BCUT2D eigenvalue weighted by atomic mass is 10.2. The van der Waals surface area contributed by atoms with E-state index in [1.807, 2.05) is 0 Å². The fourth-order valence-corrected chi connectivity index (χ4v) is 2.25. The molecule has 0 spiro atoms. The SMILES string of the molecule is Cc1nc2c(s1)COCCC2. The number of hydrogen-bond donors (Lipinski definition) is 0. The first-order valence-electron chi connectivity index (χ1n) is 3.89. The van der Waals surface area contributed by atoms with E-state index in [0.717, 1.165) is 26.1 Å². The molecule has 0 amide bonds. The van der Waals surface area contributed by atoms with Crippen LogP contribution in [0.15, 0.2) is 0 Å². The zero-order valence-electron chi connectivity index (χ0n) is 6.59. The summed E-state index contributed by atoms with van der Waals surface area (Å²) in [7, 11) is 0. The molecule has 1 aliphatic heterocycles. The molecule has 0 aromatic carbocycles. The molecule has 0 radical (unpaired) electrons. The first-order chi connectivity index (χ1) is 5.36. The third-order valence-electron chi connectivity index (χ3n) is 1.82. The van der Waals surface area contributed by atoms with Crippen molar-refractivity contribution in [3.8, 4) is 0 Å². The summed E-state index contributed by atoms with van der Waals surface area (Å²) in [5.74, 6) is 0. The van der Waals surface area contributed by atoms with Crippen molar-refractivity contribution in [2.45, 2.75) is 26.4 Å². The number of thiazole rings is 1. The molecule has 1 aromatic rings. The fraction of sp³-hybridized carbons (Fsp3) is 0.625. The van der Waals surface area contributed by atoms with Gasteiger partial charge in [-0.3, -0.25) is 0 Å². The lowest BCUT2D eigenvalue weighted by Gasteiger charge is -1.93.